The zero-order valence-electron chi connectivity index (χ0n) is 27.5. The fourth-order valence-corrected chi connectivity index (χ4v) is 8.17. The molecule has 2 heteroatoms. The molecule has 0 N–H and O–H groups in total. The van der Waals surface area contributed by atoms with Crippen LogP contribution in [0.15, 0.2) is 194 Å². The lowest BCUT2D eigenvalue weighted by molar-refractivity contribution is 0.747. The first-order valence-electron chi connectivity index (χ1n) is 17.4. The van der Waals surface area contributed by atoms with Crippen LogP contribution in [-0.2, 0) is 0 Å². The average Bonchev–Trinajstić information content (AvgIpc) is 3.71. The number of rotatable bonds is 5. The Balaban J connectivity index is 1.03. The Morgan fingerprint density at radius 3 is 1.88 bits per heavy atom. The molecule has 8 aromatic rings. The molecule has 50 heavy (non-hydrogen) atoms. The third-order valence-corrected chi connectivity index (χ3v) is 10.5. The molecule has 7 aromatic carbocycles. The lowest BCUT2D eigenvalue weighted by Crippen LogP contribution is -2.29. The van der Waals surface area contributed by atoms with Gasteiger partial charge in [-0.25, -0.2) is 0 Å². The highest BCUT2D eigenvalue weighted by Crippen LogP contribution is 2.49. The summed E-state index contributed by atoms with van der Waals surface area (Å²) in [6.07, 6.45) is 7.24. The van der Waals surface area contributed by atoms with Crippen molar-refractivity contribution in [2.75, 3.05) is 4.90 Å². The fourth-order valence-electron chi connectivity index (χ4n) is 8.17. The summed E-state index contributed by atoms with van der Waals surface area (Å²) in [6.45, 7) is 0. The minimum Gasteiger partial charge on any atom is -0.333 e. The fraction of sp³-hybridized carbons (Fsp3) is 0.0417. The van der Waals surface area contributed by atoms with E-state index >= 15 is 0 Å². The minimum absolute atomic E-state index is 0.215. The van der Waals surface area contributed by atoms with Gasteiger partial charge in [0.15, 0.2) is 0 Å². The van der Waals surface area contributed by atoms with Gasteiger partial charge in [-0.1, -0.05) is 146 Å². The lowest BCUT2D eigenvalue weighted by atomic mass is 9.86. The third-order valence-electron chi connectivity index (χ3n) is 10.5. The van der Waals surface area contributed by atoms with E-state index in [-0.39, 0.29) is 12.0 Å². The van der Waals surface area contributed by atoms with Crippen molar-refractivity contribution in [3.63, 3.8) is 0 Å². The van der Waals surface area contributed by atoms with Crippen molar-refractivity contribution in [3.05, 3.63) is 205 Å². The zero-order chi connectivity index (χ0) is 33.0. The Bertz CT molecular complexity index is 2590. The molecule has 0 amide bonds. The summed E-state index contributed by atoms with van der Waals surface area (Å²) >= 11 is 0. The Morgan fingerprint density at radius 2 is 1.06 bits per heavy atom. The number of aromatic nitrogens is 1. The molecule has 2 nitrogen and oxygen atoms in total. The van der Waals surface area contributed by atoms with Gasteiger partial charge in [-0.15, -0.1) is 0 Å². The molecule has 1 aliphatic carbocycles. The average molecular weight is 639 g/mol. The van der Waals surface area contributed by atoms with E-state index in [1.807, 2.05) is 0 Å². The summed E-state index contributed by atoms with van der Waals surface area (Å²) in [6, 6.07) is 64.1. The van der Waals surface area contributed by atoms with E-state index in [2.05, 4.69) is 204 Å². The van der Waals surface area contributed by atoms with Crippen LogP contribution < -0.4 is 4.90 Å². The quantitative estimate of drug-likeness (QED) is 0.182. The molecular formula is C48H34N2. The highest BCUT2D eigenvalue weighted by Gasteiger charge is 2.38. The third kappa shape index (κ3) is 4.64. The van der Waals surface area contributed by atoms with Crippen LogP contribution in [0, 0.1) is 0 Å². The summed E-state index contributed by atoms with van der Waals surface area (Å²) in [7, 11) is 0. The van der Waals surface area contributed by atoms with Crippen molar-refractivity contribution in [2.45, 2.75) is 12.0 Å². The van der Waals surface area contributed by atoms with E-state index in [1.54, 1.807) is 0 Å². The first-order valence-corrected chi connectivity index (χ1v) is 17.4. The van der Waals surface area contributed by atoms with E-state index in [9.17, 15) is 0 Å². The van der Waals surface area contributed by atoms with Gasteiger partial charge in [0.05, 0.1) is 17.1 Å². The molecule has 2 unspecified atom stereocenters. The van der Waals surface area contributed by atoms with Crippen LogP contribution in [0.5, 0.6) is 0 Å². The highest BCUT2D eigenvalue weighted by atomic mass is 15.2. The largest absolute Gasteiger partial charge is 0.333 e. The van der Waals surface area contributed by atoms with E-state index in [4.69, 9.17) is 0 Å². The van der Waals surface area contributed by atoms with Gasteiger partial charge in [0.1, 0.15) is 0 Å². The van der Waals surface area contributed by atoms with Gasteiger partial charge in [-0.2, -0.15) is 0 Å². The van der Waals surface area contributed by atoms with Gasteiger partial charge >= 0.3 is 0 Å². The smallest absolute Gasteiger partial charge is 0.0630 e. The standard InChI is InChI=1S/C48H34N2/c1-3-12-33(13-4-1)35-22-26-39(27-23-35)49-45-20-9-7-18-41(45)43-31-37(24-28-47(43)49)38-25-29-48-44(32-38)42-19-8-10-21-46(42)50(48)40-17-11-16-36(30-40)34-14-5-2-6-15-34/h1-32,44,48H. The van der Waals surface area contributed by atoms with Crippen LogP contribution in [0.2, 0.25) is 0 Å². The molecule has 0 spiro atoms. The molecule has 10 rings (SSSR count). The maximum absolute atomic E-state index is 2.52. The minimum atomic E-state index is 0.215. The number of hydrogen-bond donors (Lipinski definition) is 0. The molecular weight excluding hydrogens is 605 g/mol. The van der Waals surface area contributed by atoms with E-state index in [1.165, 1.54) is 77.8 Å². The summed E-state index contributed by atoms with van der Waals surface area (Å²) in [5.41, 5.74) is 14.9. The highest BCUT2D eigenvalue weighted by molar-refractivity contribution is 6.10. The van der Waals surface area contributed by atoms with Gasteiger partial charge < -0.3 is 9.47 Å². The van der Waals surface area contributed by atoms with Crippen LogP contribution in [0.4, 0.5) is 11.4 Å². The maximum Gasteiger partial charge on any atom is 0.0630 e. The van der Waals surface area contributed by atoms with Gasteiger partial charge in [-0.3, -0.25) is 0 Å². The van der Waals surface area contributed by atoms with Crippen molar-refractivity contribution in [1.82, 2.24) is 4.57 Å². The van der Waals surface area contributed by atoms with E-state index in [0.29, 0.717) is 0 Å². The molecule has 1 aliphatic heterocycles. The predicted octanol–water partition coefficient (Wildman–Crippen LogP) is 12.4. The molecule has 2 atom stereocenters. The molecule has 0 saturated carbocycles. The van der Waals surface area contributed by atoms with Crippen molar-refractivity contribution >= 4 is 38.8 Å². The van der Waals surface area contributed by atoms with Crippen LogP contribution in [0.3, 0.4) is 0 Å². The summed E-state index contributed by atoms with van der Waals surface area (Å²) in [4.78, 5) is 2.52. The van der Waals surface area contributed by atoms with Crippen molar-refractivity contribution < 1.29 is 0 Å². The first kappa shape index (κ1) is 28.6. The van der Waals surface area contributed by atoms with Gasteiger partial charge in [0.25, 0.3) is 0 Å². The van der Waals surface area contributed by atoms with Gasteiger partial charge in [-0.05, 0) is 87.5 Å². The molecule has 2 aliphatic rings. The monoisotopic (exact) mass is 638 g/mol. The molecule has 236 valence electrons. The zero-order valence-corrected chi connectivity index (χ0v) is 27.5. The number of anilines is 2. The summed E-state index contributed by atoms with van der Waals surface area (Å²) in [5, 5.41) is 2.54. The van der Waals surface area contributed by atoms with Crippen LogP contribution in [-0.4, -0.2) is 10.6 Å². The van der Waals surface area contributed by atoms with Crippen molar-refractivity contribution in [1.29, 1.82) is 0 Å². The van der Waals surface area contributed by atoms with Crippen LogP contribution in [0.25, 0.3) is 55.3 Å². The molecule has 1 aromatic heterocycles. The number of para-hydroxylation sites is 2. The Kier molecular flexibility index (Phi) is 6.67. The number of allylic oxidation sites excluding steroid dienone is 2. The number of hydrogen-bond acceptors (Lipinski definition) is 1. The molecule has 0 radical (unpaired) electrons. The first-order chi connectivity index (χ1) is 24.8. The number of nitrogens with zero attached hydrogens (tertiary/aromatic N) is 2. The van der Waals surface area contributed by atoms with Crippen LogP contribution in [0.1, 0.15) is 17.0 Å². The Morgan fingerprint density at radius 1 is 0.420 bits per heavy atom. The maximum atomic E-state index is 2.52. The second kappa shape index (κ2) is 11.6. The molecule has 0 saturated heterocycles. The van der Waals surface area contributed by atoms with Gasteiger partial charge in [0.2, 0.25) is 0 Å². The topological polar surface area (TPSA) is 8.17 Å². The molecule has 2 heterocycles. The molecule has 0 bridgehead atoms. The number of fused-ring (bicyclic) bond motifs is 6. The van der Waals surface area contributed by atoms with Crippen molar-refractivity contribution in [3.8, 4) is 27.9 Å². The number of benzene rings is 7. The normalized spacial score (nSPS) is 16.4. The van der Waals surface area contributed by atoms with E-state index in [0.717, 1.165) is 0 Å². The second-order valence-corrected chi connectivity index (χ2v) is 13.3. The second-order valence-electron chi connectivity index (χ2n) is 13.3. The van der Waals surface area contributed by atoms with Crippen LogP contribution >= 0.6 is 0 Å². The Labute approximate surface area is 292 Å². The SMILES string of the molecule is C1=CC2C(C=C1c1ccc3c(c1)c1ccccc1n3-c1ccc(-c3ccccc3)cc1)c1ccccc1N2c1cccc(-c2ccccc2)c1. The molecule has 0 fully saturated rings. The van der Waals surface area contributed by atoms with Gasteiger partial charge in [0, 0.05) is 33.8 Å². The van der Waals surface area contributed by atoms with E-state index < -0.39 is 0 Å². The summed E-state index contributed by atoms with van der Waals surface area (Å²) < 4.78 is 2.40. The Hall–Kier alpha value is -6.38. The van der Waals surface area contributed by atoms with Crippen molar-refractivity contribution in [2.24, 2.45) is 0 Å². The summed E-state index contributed by atoms with van der Waals surface area (Å²) in [5.74, 6) is 0.256. The lowest BCUT2D eigenvalue weighted by Gasteiger charge is -2.30. The predicted molar refractivity (Wildman–Crippen MR) is 210 cm³/mol.